The van der Waals surface area contributed by atoms with Crippen molar-refractivity contribution in [2.75, 3.05) is 17.7 Å². The first-order valence-corrected chi connectivity index (χ1v) is 6.48. The Hall–Kier alpha value is -1.71. The summed E-state index contributed by atoms with van der Waals surface area (Å²) in [7, 11) is 1.36. The SMILES string of the molecule is COC(=O)Nc1cccc(NC2CC[C@H]3C[C@@H]23)c1. The van der Waals surface area contributed by atoms with Crippen LogP contribution in [-0.2, 0) is 4.74 Å². The number of methoxy groups -OCH3 is 1. The number of fused-ring (bicyclic) bond motifs is 1. The van der Waals surface area contributed by atoms with Crippen LogP contribution in [0.4, 0.5) is 16.2 Å². The number of amides is 1. The molecule has 0 saturated heterocycles. The third-order valence-electron chi connectivity index (χ3n) is 3.99. The minimum atomic E-state index is -0.435. The Balaban J connectivity index is 1.65. The van der Waals surface area contributed by atoms with Crippen molar-refractivity contribution in [3.05, 3.63) is 24.3 Å². The van der Waals surface area contributed by atoms with Gasteiger partial charge in [0.25, 0.3) is 0 Å². The second-order valence-corrected chi connectivity index (χ2v) is 5.19. The van der Waals surface area contributed by atoms with E-state index in [0.717, 1.165) is 23.2 Å². The van der Waals surface area contributed by atoms with E-state index in [1.54, 1.807) is 0 Å². The zero-order chi connectivity index (χ0) is 12.5. The number of nitrogens with one attached hydrogen (secondary N) is 2. The molecule has 96 valence electrons. The first kappa shape index (κ1) is 11.4. The number of ether oxygens (including phenoxy) is 1. The minimum Gasteiger partial charge on any atom is -0.453 e. The second-order valence-electron chi connectivity index (χ2n) is 5.19. The summed E-state index contributed by atoms with van der Waals surface area (Å²) in [5.74, 6) is 1.85. The summed E-state index contributed by atoms with van der Waals surface area (Å²) in [5.41, 5.74) is 1.83. The number of carbonyl (C=O) groups is 1. The van der Waals surface area contributed by atoms with Crippen LogP contribution in [0.25, 0.3) is 0 Å². The van der Waals surface area contributed by atoms with Crippen LogP contribution in [0.5, 0.6) is 0 Å². The van der Waals surface area contributed by atoms with Gasteiger partial charge in [0.05, 0.1) is 7.11 Å². The molecule has 4 heteroatoms. The molecule has 1 amide bonds. The molecule has 0 radical (unpaired) electrons. The maximum Gasteiger partial charge on any atom is 0.411 e. The number of carbonyl (C=O) groups excluding carboxylic acids is 1. The van der Waals surface area contributed by atoms with Gasteiger partial charge in [-0.2, -0.15) is 0 Å². The van der Waals surface area contributed by atoms with E-state index in [9.17, 15) is 4.79 Å². The predicted octanol–water partition coefficient (Wildman–Crippen LogP) is 3.08. The summed E-state index contributed by atoms with van der Waals surface area (Å²) in [6, 6.07) is 8.40. The van der Waals surface area contributed by atoms with Gasteiger partial charge in [-0.15, -0.1) is 0 Å². The van der Waals surface area contributed by atoms with Crippen molar-refractivity contribution in [1.29, 1.82) is 0 Å². The van der Waals surface area contributed by atoms with Crippen LogP contribution in [0, 0.1) is 11.8 Å². The number of hydrogen-bond acceptors (Lipinski definition) is 3. The molecule has 2 saturated carbocycles. The first-order valence-electron chi connectivity index (χ1n) is 6.48. The van der Waals surface area contributed by atoms with Gasteiger partial charge in [-0.25, -0.2) is 4.79 Å². The van der Waals surface area contributed by atoms with Gasteiger partial charge in [0.1, 0.15) is 0 Å². The third-order valence-corrected chi connectivity index (χ3v) is 3.99. The number of hydrogen-bond donors (Lipinski definition) is 2. The van der Waals surface area contributed by atoms with Crippen LogP contribution < -0.4 is 10.6 Å². The highest BCUT2D eigenvalue weighted by Gasteiger charge is 2.47. The second kappa shape index (κ2) is 4.52. The van der Waals surface area contributed by atoms with Crippen LogP contribution in [0.15, 0.2) is 24.3 Å². The Bertz CT molecular complexity index is 461. The summed E-state index contributed by atoms with van der Waals surface area (Å²) in [6.45, 7) is 0. The fraction of sp³-hybridized carbons (Fsp3) is 0.500. The highest BCUT2D eigenvalue weighted by Crippen LogP contribution is 2.52. The Morgan fingerprint density at radius 3 is 2.83 bits per heavy atom. The van der Waals surface area contributed by atoms with Gasteiger partial charge in [-0.05, 0) is 49.3 Å². The quantitative estimate of drug-likeness (QED) is 0.861. The smallest absolute Gasteiger partial charge is 0.411 e. The molecule has 18 heavy (non-hydrogen) atoms. The van der Waals surface area contributed by atoms with E-state index in [1.807, 2.05) is 24.3 Å². The Morgan fingerprint density at radius 2 is 2.17 bits per heavy atom. The van der Waals surface area contributed by atoms with Crippen LogP contribution >= 0.6 is 0 Å². The van der Waals surface area contributed by atoms with Gasteiger partial charge >= 0.3 is 6.09 Å². The maximum absolute atomic E-state index is 11.1. The van der Waals surface area contributed by atoms with Crippen molar-refractivity contribution in [1.82, 2.24) is 0 Å². The molecule has 1 unspecified atom stereocenters. The van der Waals surface area contributed by atoms with Crippen molar-refractivity contribution in [3.8, 4) is 0 Å². The lowest BCUT2D eigenvalue weighted by molar-refractivity contribution is 0.187. The van der Waals surface area contributed by atoms with Crippen molar-refractivity contribution >= 4 is 17.5 Å². The van der Waals surface area contributed by atoms with Gasteiger partial charge in [0.2, 0.25) is 0 Å². The molecule has 2 aliphatic carbocycles. The van der Waals surface area contributed by atoms with Crippen molar-refractivity contribution < 1.29 is 9.53 Å². The fourth-order valence-electron chi connectivity index (χ4n) is 2.95. The summed E-state index contributed by atoms with van der Waals surface area (Å²) in [6.07, 6.45) is 3.58. The van der Waals surface area contributed by atoms with Crippen molar-refractivity contribution in [2.45, 2.75) is 25.3 Å². The van der Waals surface area contributed by atoms with Crippen LogP contribution in [0.1, 0.15) is 19.3 Å². The van der Waals surface area contributed by atoms with Crippen LogP contribution in [0.3, 0.4) is 0 Å². The molecule has 4 nitrogen and oxygen atoms in total. The third kappa shape index (κ3) is 2.28. The standard InChI is InChI=1S/C14H18N2O2/c1-18-14(17)16-11-4-2-3-10(8-11)15-13-6-5-9-7-12(9)13/h2-4,8-9,12-13,15H,5-7H2,1H3,(H,16,17)/t9-,12+,13?/m0/s1. The summed E-state index contributed by atoms with van der Waals surface area (Å²) >= 11 is 0. The molecular formula is C14H18N2O2. The monoisotopic (exact) mass is 246 g/mol. The van der Waals surface area contributed by atoms with Gasteiger partial charge in [-0.3, -0.25) is 5.32 Å². The molecule has 3 rings (SSSR count). The minimum absolute atomic E-state index is 0.435. The Labute approximate surface area is 107 Å². The zero-order valence-electron chi connectivity index (χ0n) is 10.5. The molecule has 3 atom stereocenters. The summed E-state index contributed by atoms with van der Waals surface area (Å²) in [4.78, 5) is 11.1. The topological polar surface area (TPSA) is 50.4 Å². The lowest BCUT2D eigenvalue weighted by Gasteiger charge is -2.16. The largest absolute Gasteiger partial charge is 0.453 e. The first-order chi connectivity index (χ1) is 8.76. The number of anilines is 2. The number of benzene rings is 1. The summed E-state index contributed by atoms with van der Waals surface area (Å²) in [5, 5.41) is 6.25. The van der Waals surface area contributed by atoms with E-state index >= 15 is 0 Å². The molecule has 0 spiro atoms. The normalized spacial score (nSPS) is 28.4. The molecule has 1 aromatic carbocycles. The highest BCUT2D eigenvalue weighted by atomic mass is 16.5. The lowest BCUT2D eigenvalue weighted by atomic mass is 10.1. The number of rotatable bonds is 3. The molecule has 1 aromatic rings. The summed E-state index contributed by atoms with van der Waals surface area (Å²) < 4.78 is 4.58. The molecule has 2 N–H and O–H groups in total. The van der Waals surface area contributed by atoms with Gasteiger partial charge in [0, 0.05) is 17.4 Å². The van der Waals surface area contributed by atoms with E-state index in [1.165, 1.54) is 26.4 Å². The lowest BCUT2D eigenvalue weighted by Crippen LogP contribution is -2.19. The molecule has 2 aliphatic rings. The zero-order valence-corrected chi connectivity index (χ0v) is 10.5. The molecule has 0 aliphatic heterocycles. The van der Waals surface area contributed by atoms with Crippen LogP contribution in [-0.4, -0.2) is 19.2 Å². The average molecular weight is 246 g/mol. The van der Waals surface area contributed by atoms with E-state index in [2.05, 4.69) is 15.4 Å². The van der Waals surface area contributed by atoms with Crippen molar-refractivity contribution in [3.63, 3.8) is 0 Å². The van der Waals surface area contributed by atoms with E-state index in [0.29, 0.717) is 6.04 Å². The van der Waals surface area contributed by atoms with Gasteiger partial charge in [0.15, 0.2) is 0 Å². The van der Waals surface area contributed by atoms with E-state index < -0.39 is 6.09 Å². The van der Waals surface area contributed by atoms with Gasteiger partial charge < -0.3 is 10.1 Å². The predicted molar refractivity (Wildman–Crippen MR) is 70.7 cm³/mol. The maximum atomic E-state index is 11.1. The fourth-order valence-corrected chi connectivity index (χ4v) is 2.95. The molecule has 0 aromatic heterocycles. The molecule has 0 bridgehead atoms. The Morgan fingerprint density at radius 1 is 1.33 bits per heavy atom. The van der Waals surface area contributed by atoms with E-state index in [-0.39, 0.29) is 0 Å². The molecule has 2 fully saturated rings. The average Bonchev–Trinajstić information content (AvgIpc) is 3.06. The highest BCUT2D eigenvalue weighted by molar-refractivity contribution is 5.85. The van der Waals surface area contributed by atoms with Crippen LogP contribution in [0.2, 0.25) is 0 Å². The Kier molecular flexibility index (Phi) is 2.86. The molecular weight excluding hydrogens is 228 g/mol. The van der Waals surface area contributed by atoms with Gasteiger partial charge in [-0.1, -0.05) is 6.07 Å². The van der Waals surface area contributed by atoms with Crippen molar-refractivity contribution in [2.24, 2.45) is 11.8 Å². The van der Waals surface area contributed by atoms with E-state index in [4.69, 9.17) is 0 Å². The molecule has 0 heterocycles.